The summed E-state index contributed by atoms with van der Waals surface area (Å²) < 4.78 is 4.52. The molecule has 0 heterocycles. The molecule has 0 aromatic heterocycles. The Bertz CT molecular complexity index is 150. The van der Waals surface area contributed by atoms with Crippen LogP contribution < -0.4 is 0 Å². The van der Waals surface area contributed by atoms with Crippen molar-refractivity contribution in [2.24, 2.45) is 4.99 Å². The maximum Gasteiger partial charge on any atom is 0.433 e. The maximum atomic E-state index is 10.5. The third-order valence-corrected chi connectivity index (χ3v) is 0.726. The van der Waals surface area contributed by atoms with Crippen LogP contribution in [0.15, 0.2) is 17.1 Å². The molecule has 0 aliphatic rings. The van der Waals surface area contributed by atoms with Gasteiger partial charge in [-0.25, -0.2) is 4.79 Å². The molecule has 0 aliphatic heterocycles. The predicted octanol–water partition coefficient (Wildman–Crippen LogP) is 1.79. The molecule has 1 amide bonds. The van der Waals surface area contributed by atoms with Crippen LogP contribution in [0, 0.1) is 0 Å². The van der Waals surface area contributed by atoms with Crippen molar-refractivity contribution in [3.63, 3.8) is 0 Å². The first-order valence-corrected chi connectivity index (χ1v) is 3.13. The van der Waals surface area contributed by atoms with Crippen molar-refractivity contribution in [1.82, 2.24) is 0 Å². The number of hydrogen-bond acceptors (Lipinski definition) is 2. The number of carbonyl (C=O) groups is 1. The topological polar surface area (TPSA) is 38.7 Å². The van der Waals surface area contributed by atoms with E-state index in [0.717, 1.165) is 0 Å². The summed E-state index contributed by atoms with van der Waals surface area (Å²) in [5.74, 6) is 0. The lowest BCUT2D eigenvalue weighted by molar-refractivity contribution is 0.164. The van der Waals surface area contributed by atoms with Gasteiger partial charge in [0.05, 0.1) is 6.61 Å². The Hall–Kier alpha value is -1.12. The Labute approximate surface area is 60.4 Å². The second-order valence-corrected chi connectivity index (χ2v) is 1.50. The molecule has 0 aromatic carbocycles. The Kier molecular flexibility index (Phi) is 5.33. The second-order valence-electron chi connectivity index (χ2n) is 1.50. The van der Waals surface area contributed by atoms with Gasteiger partial charge in [-0.3, -0.25) is 0 Å². The van der Waals surface area contributed by atoms with Crippen LogP contribution in [0.5, 0.6) is 0 Å². The van der Waals surface area contributed by atoms with Crippen molar-refractivity contribution in [1.29, 1.82) is 0 Å². The highest BCUT2D eigenvalue weighted by atomic mass is 16.5. The van der Waals surface area contributed by atoms with Crippen molar-refractivity contribution >= 4 is 12.3 Å². The Balaban J connectivity index is 3.56. The van der Waals surface area contributed by atoms with Gasteiger partial charge in [0.1, 0.15) is 0 Å². The molecule has 0 bridgehead atoms. The largest absolute Gasteiger partial charge is 0.448 e. The van der Waals surface area contributed by atoms with Crippen LogP contribution in [-0.4, -0.2) is 18.9 Å². The van der Waals surface area contributed by atoms with Crippen molar-refractivity contribution in [2.45, 2.75) is 13.8 Å². The van der Waals surface area contributed by atoms with E-state index in [9.17, 15) is 4.79 Å². The summed E-state index contributed by atoms with van der Waals surface area (Å²) in [6, 6.07) is 0. The van der Waals surface area contributed by atoms with E-state index >= 15 is 0 Å². The summed E-state index contributed by atoms with van der Waals surface area (Å²) in [7, 11) is 0. The minimum atomic E-state index is -0.541. The van der Waals surface area contributed by atoms with Crippen LogP contribution in [0.2, 0.25) is 0 Å². The van der Waals surface area contributed by atoms with Crippen molar-refractivity contribution in [3.8, 4) is 0 Å². The van der Waals surface area contributed by atoms with Crippen molar-refractivity contribution in [3.05, 3.63) is 12.2 Å². The monoisotopic (exact) mass is 141 g/mol. The first-order valence-electron chi connectivity index (χ1n) is 3.13. The molecule has 0 N–H and O–H groups in total. The number of allylic oxidation sites excluding steroid dienone is 2. The Morgan fingerprint density at radius 1 is 1.70 bits per heavy atom. The normalized spacial score (nSPS) is 11.0. The summed E-state index contributed by atoms with van der Waals surface area (Å²) in [5.41, 5.74) is 0. The summed E-state index contributed by atoms with van der Waals surface area (Å²) in [4.78, 5) is 13.9. The molecule has 0 saturated heterocycles. The maximum absolute atomic E-state index is 10.5. The van der Waals surface area contributed by atoms with Gasteiger partial charge < -0.3 is 4.74 Å². The second kappa shape index (κ2) is 6.01. The molecule has 0 fully saturated rings. The summed E-state index contributed by atoms with van der Waals surface area (Å²) in [6.45, 7) is 3.95. The average Bonchev–Trinajstić information content (AvgIpc) is 1.89. The van der Waals surface area contributed by atoms with Crippen LogP contribution in [0.25, 0.3) is 0 Å². The van der Waals surface area contributed by atoms with E-state index in [1.807, 2.05) is 6.92 Å². The van der Waals surface area contributed by atoms with E-state index in [0.29, 0.717) is 6.61 Å². The Morgan fingerprint density at radius 2 is 2.40 bits per heavy atom. The van der Waals surface area contributed by atoms with E-state index < -0.39 is 6.09 Å². The number of aliphatic imine (C=N–C) groups is 1. The van der Waals surface area contributed by atoms with Crippen LogP contribution in [-0.2, 0) is 4.74 Å². The van der Waals surface area contributed by atoms with Gasteiger partial charge in [0, 0.05) is 6.21 Å². The van der Waals surface area contributed by atoms with E-state index in [2.05, 4.69) is 9.73 Å². The molecule has 3 heteroatoms. The lowest BCUT2D eigenvalue weighted by Gasteiger charge is -1.91. The van der Waals surface area contributed by atoms with Crippen LogP contribution >= 0.6 is 0 Å². The minimum Gasteiger partial charge on any atom is -0.448 e. The number of ether oxygens (including phenoxy) is 1. The van der Waals surface area contributed by atoms with Gasteiger partial charge in [0.15, 0.2) is 0 Å². The summed E-state index contributed by atoms with van der Waals surface area (Å²) in [6.07, 6.45) is 4.30. The number of hydrogen-bond donors (Lipinski definition) is 0. The number of carbonyl (C=O) groups excluding carboxylic acids is 1. The lowest BCUT2D eigenvalue weighted by Crippen LogP contribution is -1.96. The van der Waals surface area contributed by atoms with Gasteiger partial charge in [0.25, 0.3) is 0 Å². The molecule has 56 valence electrons. The molecule has 0 unspecified atom stereocenters. The van der Waals surface area contributed by atoms with E-state index in [1.165, 1.54) is 6.21 Å². The molecule has 0 aromatic rings. The number of amides is 1. The molecule has 0 aliphatic carbocycles. The van der Waals surface area contributed by atoms with Crippen molar-refractivity contribution < 1.29 is 9.53 Å². The highest BCUT2D eigenvalue weighted by Crippen LogP contribution is 1.80. The molecule has 10 heavy (non-hydrogen) atoms. The summed E-state index contributed by atoms with van der Waals surface area (Å²) >= 11 is 0. The van der Waals surface area contributed by atoms with Crippen molar-refractivity contribution in [2.75, 3.05) is 6.61 Å². The first kappa shape index (κ1) is 8.88. The minimum absolute atomic E-state index is 0.367. The zero-order valence-electron chi connectivity index (χ0n) is 6.20. The van der Waals surface area contributed by atoms with Crippen LogP contribution in [0.3, 0.4) is 0 Å². The SMILES string of the molecule is CC=CC=NC(=O)OCC. The summed E-state index contributed by atoms with van der Waals surface area (Å²) in [5, 5.41) is 0. The average molecular weight is 141 g/mol. The third-order valence-electron chi connectivity index (χ3n) is 0.726. The highest BCUT2D eigenvalue weighted by molar-refractivity contribution is 5.84. The molecule has 0 radical (unpaired) electrons. The van der Waals surface area contributed by atoms with Gasteiger partial charge in [-0.2, -0.15) is 4.99 Å². The molecular weight excluding hydrogens is 130 g/mol. The Morgan fingerprint density at radius 3 is 2.90 bits per heavy atom. The fourth-order valence-corrected chi connectivity index (χ4v) is 0.351. The van der Waals surface area contributed by atoms with Gasteiger partial charge in [-0.15, -0.1) is 0 Å². The lowest BCUT2D eigenvalue weighted by atomic mass is 10.6. The highest BCUT2D eigenvalue weighted by Gasteiger charge is 1.90. The number of nitrogens with zero attached hydrogens (tertiary/aromatic N) is 1. The molecule has 0 atom stereocenters. The predicted molar refractivity (Wildman–Crippen MR) is 40.3 cm³/mol. The zero-order valence-corrected chi connectivity index (χ0v) is 6.20. The van der Waals surface area contributed by atoms with Crippen LogP contribution in [0.4, 0.5) is 4.79 Å². The third kappa shape index (κ3) is 5.03. The van der Waals surface area contributed by atoms with Gasteiger partial charge >= 0.3 is 6.09 Å². The number of rotatable bonds is 2. The van der Waals surface area contributed by atoms with E-state index in [1.54, 1.807) is 19.1 Å². The van der Waals surface area contributed by atoms with Crippen LogP contribution in [0.1, 0.15) is 13.8 Å². The molecular formula is C7H11NO2. The van der Waals surface area contributed by atoms with Gasteiger partial charge in [-0.1, -0.05) is 6.08 Å². The fourth-order valence-electron chi connectivity index (χ4n) is 0.351. The molecule has 0 rings (SSSR count). The van der Waals surface area contributed by atoms with E-state index in [-0.39, 0.29) is 0 Å². The fraction of sp³-hybridized carbons (Fsp3) is 0.429. The standard InChI is InChI=1S/C7H11NO2/c1-3-5-6-8-7(9)10-4-2/h3,5-6H,4H2,1-2H3. The quantitative estimate of drug-likeness (QED) is 0.550. The molecule has 0 saturated carbocycles. The van der Waals surface area contributed by atoms with Gasteiger partial charge in [-0.05, 0) is 19.9 Å². The van der Waals surface area contributed by atoms with E-state index in [4.69, 9.17) is 0 Å². The zero-order chi connectivity index (χ0) is 7.82. The molecule has 0 spiro atoms. The van der Waals surface area contributed by atoms with Gasteiger partial charge in [0.2, 0.25) is 0 Å². The smallest absolute Gasteiger partial charge is 0.433 e. The first-order chi connectivity index (χ1) is 4.81. The molecule has 3 nitrogen and oxygen atoms in total.